The molecule has 2 aromatic rings. The molecule has 1 saturated heterocycles. The summed E-state index contributed by atoms with van der Waals surface area (Å²) in [6.45, 7) is 0. The standard InChI is InChI=1S/C13H14N2O3S/c16-19(17)6-5-12(8-19)15-11-3-1-10(2-4-11)13-7-14-9-18-13/h1-4,7,9,12,15H,5-6,8H2. The van der Waals surface area contributed by atoms with Crippen molar-refractivity contribution >= 4 is 15.5 Å². The molecule has 1 aromatic heterocycles. The normalized spacial score (nSPS) is 21.4. The third kappa shape index (κ3) is 2.78. The molecule has 1 aliphatic heterocycles. The van der Waals surface area contributed by atoms with Crippen molar-refractivity contribution in [2.24, 2.45) is 0 Å². The molecule has 0 radical (unpaired) electrons. The van der Waals surface area contributed by atoms with E-state index in [9.17, 15) is 8.42 Å². The lowest BCUT2D eigenvalue weighted by Gasteiger charge is -2.12. The molecule has 1 N–H and O–H groups in total. The summed E-state index contributed by atoms with van der Waals surface area (Å²) in [7, 11) is -2.84. The minimum absolute atomic E-state index is 0.0149. The van der Waals surface area contributed by atoms with Gasteiger partial charge < -0.3 is 9.73 Å². The van der Waals surface area contributed by atoms with Crippen molar-refractivity contribution in [3.63, 3.8) is 0 Å². The molecular weight excluding hydrogens is 264 g/mol. The number of sulfone groups is 1. The largest absolute Gasteiger partial charge is 0.444 e. The summed E-state index contributed by atoms with van der Waals surface area (Å²) in [6.07, 6.45) is 3.73. The second-order valence-electron chi connectivity index (χ2n) is 4.69. The minimum Gasteiger partial charge on any atom is -0.444 e. The predicted octanol–water partition coefficient (Wildman–Crippen LogP) is 1.94. The molecule has 6 heteroatoms. The van der Waals surface area contributed by atoms with Crippen LogP contribution in [0.25, 0.3) is 11.3 Å². The Kier molecular flexibility index (Phi) is 3.02. The van der Waals surface area contributed by atoms with Crippen LogP contribution < -0.4 is 5.32 Å². The lowest BCUT2D eigenvalue weighted by molar-refractivity contribution is 0.572. The fourth-order valence-electron chi connectivity index (χ4n) is 2.23. The van der Waals surface area contributed by atoms with E-state index in [4.69, 9.17) is 4.42 Å². The van der Waals surface area contributed by atoms with Crippen molar-refractivity contribution in [1.82, 2.24) is 4.98 Å². The Hall–Kier alpha value is -1.82. The molecular formula is C13H14N2O3S. The van der Waals surface area contributed by atoms with E-state index in [1.807, 2.05) is 24.3 Å². The number of hydrogen-bond acceptors (Lipinski definition) is 5. The van der Waals surface area contributed by atoms with E-state index in [1.165, 1.54) is 6.39 Å². The zero-order valence-electron chi connectivity index (χ0n) is 10.2. The molecule has 1 atom stereocenters. The van der Waals surface area contributed by atoms with E-state index in [-0.39, 0.29) is 17.5 Å². The first-order valence-corrected chi connectivity index (χ1v) is 7.90. The number of nitrogens with zero attached hydrogens (tertiary/aromatic N) is 1. The third-order valence-corrected chi connectivity index (χ3v) is 4.97. The van der Waals surface area contributed by atoms with Crippen LogP contribution in [0.2, 0.25) is 0 Å². The van der Waals surface area contributed by atoms with Gasteiger partial charge in [0.2, 0.25) is 0 Å². The summed E-state index contributed by atoms with van der Waals surface area (Å²) in [6, 6.07) is 7.70. The average Bonchev–Trinajstić information content (AvgIpc) is 3.00. The van der Waals surface area contributed by atoms with E-state index in [0.29, 0.717) is 6.42 Å². The lowest BCUT2D eigenvalue weighted by atomic mass is 10.1. The molecule has 1 aromatic carbocycles. The highest BCUT2D eigenvalue weighted by atomic mass is 32.2. The Bertz CT molecular complexity index is 648. The second kappa shape index (κ2) is 4.70. The topological polar surface area (TPSA) is 72.2 Å². The first-order chi connectivity index (χ1) is 9.12. The van der Waals surface area contributed by atoms with Gasteiger partial charge in [0.05, 0.1) is 17.7 Å². The molecule has 2 heterocycles. The Morgan fingerprint density at radius 2 is 2.05 bits per heavy atom. The monoisotopic (exact) mass is 278 g/mol. The Morgan fingerprint density at radius 1 is 1.26 bits per heavy atom. The molecule has 0 saturated carbocycles. The van der Waals surface area contributed by atoms with Crippen LogP contribution in [-0.4, -0.2) is 30.9 Å². The van der Waals surface area contributed by atoms with Gasteiger partial charge in [0, 0.05) is 17.3 Å². The highest BCUT2D eigenvalue weighted by Crippen LogP contribution is 2.22. The molecule has 0 bridgehead atoms. The van der Waals surface area contributed by atoms with Crippen molar-refractivity contribution < 1.29 is 12.8 Å². The Labute approximate surface area is 111 Å². The fourth-order valence-corrected chi connectivity index (χ4v) is 3.91. The predicted molar refractivity (Wildman–Crippen MR) is 72.6 cm³/mol. The molecule has 5 nitrogen and oxygen atoms in total. The number of benzene rings is 1. The quantitative estimate of drug-likeness (QED) is 0.929. The van der Waals surface area contributed by atoms with E-state index in [1.54, 1.807) is 6.20 Å². The van der Waals surface area contributed by atoms with Gasteiger partial charge in [-0.15, -0.1) is 0 Å². The van der Waals surface area contributed by atoms with E-state index in [2.05, 4.69) is 10.3 Å². The highest BCUT2D eigenvalue weighted by Gasteiger charge is 2.27. The average molecular weight is 278 g/mol. The van der Waals surface area contributed by atoms with Crippen LogP contribution >= 0.6 is 0 Å². The van der Waals surface area contributed by atoms with Gasteiger partial charge in [-0.1, -0.05) is 0 Å². The first-order valence-electron chi connectivity index (χ1n) is 6.08. The molecule has 0 spiro atoms. The molecule has 100 valence electrons. The molecule has 3 rings (SSSR count). The summed E-state index contributed by atoms with van der Waals surface area (Å²) in [5.41, 5.74) is 1.87. The number of hydrogen-bond donors (Lipinski definition) is 1. The van der Waals surface area contributed by atoms with Gasteiger partial charge in [0.1, 0.15) is 0 Å². The maximum atomic E-state index is 11.4. The van der Waals surface area contributed by atoms with Crippen molar-refractivity contribution in [2.45, 2.75) is 12.5 Å². The van der Waals surface area contributed by atoms with Crippen LogP contribution in [0.3, 0.4) is 0 Å². The molecule has 0 aliphatic carbocycles. The lowest BCUT2D eigenvalue weighted by Crippen LogP contribution is -2.20. The number of anilines is 1. The van der Waals surface area contributed by atoms with Crippen LogP contribution in [0.4, 0.5) is 5.69 Å². The first kappa shape index (κ1) is 12.2. The van der Waals surface area contributed by atoms with Gasteiger partial charge >= 0.3 is 0 Å². The maximum absolute atomic E-state index is 11.4. The Morgan fingerprint density at radius 3 is 2.63 bits per heavy atom. The van der Waals surface area contributed by atoms with Crippen molar-refractivity contribution in [1.29, 1.82) is 0 Å². The van der Waals surface area contributed by atoms with E-state index in [0.717, 1.165) is 17.0 Å². The number of rotatable bonds is 3. The number of nitrogens with one attached hydrogen (secondary N) is 1. The van der Waals surface area contributed by atoms with E-state index < -0.39 is 9.84 Å². The zero-order valence-corrected chi connectivity index (χ0v) is 11.1. The highest BCUT2D eigenvalue weighted by molar-refractivity contribution is 7.91. The van der Waals surface area contributed by atoms with Crippen LogP contribution in [0.5, 0.6) is 0 Å². The van der Waals surface area contributed by atoms with Crippen LogP contribution in [-0.2, 0) is 9.84 Å². The SMILES string of the molecule is O=S1(=O)CCC(Nc2ccc(-c3cnco3)cc2)C1. The van der Waals surface area contributed by atoms with Crippen molar-refractivity contribution in [3.05, 3.63) is 36.9 Å². The molecule has 1 aliphatic rings. The van der Waals surface area contributed by atoms with Gasteiger partial charge in [-0.2, -0.15) is 0 Å². The van der Waals surface area contributed by atoms with Crippen LogP contribution in [0.1, 0.15) is 6.42 Å². The molecule has 1 unspecified atom stereocenters. The molecule has 19 heavy (non-hydrogen) atoms. The summed E-state index contributed by atoms with van der Waals surface area (Å²) < 4.78 is 28.0. The number of oxazole rings is 1. The van der Waals surface area contributed by atoms with Gasteiger partial charge in [-0.25, -0.2) is 13.4 Å². The van der Waals surface area contributed by atoms with Crippen LogP contribution in [0.15, 0.2) is 41.3 Å². The van der Waals surface area contributed by atoms with Crippen molar-refractivity contribution in [2.75, 3.05) is 16.8 Å². The maximum Gasteiger partial charge on any atom is 0.181 e. The fraction of sp³-hybridized carbons (Fsp3) is 0.308. The summed E-state index contributed by atoms with van der Waals surface area (Å²) >= 11 is 0. The second-order valence-corrected chi connectivity index (χ2v) is 6.92. The van der Waals surface area contributed by atoms with Crippen molar-refractivity contribution in [3.8, 4) is 11.3 Å². The smallest absolute Gasteiger partial charge is 0.181 e. The molecule has 0 amide bonds. The van der Waals surface area contributed by atoms with E-state index >= 15 is 0 Å². The van der Waals surface area contributed by atoms with Gasteiger partial charge in [-0.3, -0.25) is 0 Å². The third-order valence-electron chi connectivity index (χ3n) is 3.20. The van der Waals surface area contributed by atoms with Crippen LogP contribution in [0, 0.1) is 0 Å². The zero-order chi connectivity index (χ0) is 13.3. The van der Waals surface area contributed by atoms with Gasteiger partial charge in [-0.05, 0) is 30.7 Å². The minimum atomic E-state index is -2.84. The summed E-state index contributed by atoms with van der Waals surface area (Å²) in [4.78, 5) is 3.87. The van der Waals surface area contributed by atoms with Gasteiger partial charge in [0.15, 0.2) is 22.0 Å². The Balaban J connectivity index is 1.70. The van der Waals surface area contributed by atoms with Gasteiger partial charge in [0.25, 0.3) is 0 Å². The number of aromatic nitrogens is 1. The molecule has 1 fully saturated rings. The summed E-state index contributed by atoms with van der Waals surface area (Å²) in [5.74, 6) is 1.22. The summed E-state index contributed by atoms with van der Waals surface area (Å²) in [5, 5.41) is 3.24.